The maximum absolute atomic E-state index is 10.3. The lowest BCUT2D eigenvalue weighted by molar-refractivity contribution is -0.138. The number of ether oxygens (including phenoxy) is 1. The van der Waals surface area contributed by atoms with Crippen LogP contribution in [0.4, 0.5) is 0 Å². The standard InChI is InChI=1S/C14H25NO3/c16-13(17)5-9-18-10-8-15-11-14(12-15)6-3-1-2-4-7-14/h1-12H2,(H,16,17). The number of carboxylic acid groups (broad SMARTS) is 1. The van der Waals surface area contributed by atoms with E-state index >= 15 is 0 Å². The van der Waals surface area contributed by atoms with E-state index in [1.165, 1.54) is 51.6 Å². The quantitative estimate of drug-likeness (QED) is 0.739. The van der Waals surface area contributed by atoms with Gasteiger partial charge in [-0.15, -0.1) is 0 Å². The van der Waals surface area contributed by atoms with Gasteiger partial charge in [0.05, 0.1) is 19.6 Å². The number of nitrogens with zero attached hydrogens (tertiary/aromatic N) is 1. The normalized spacial score (nSPS) is 23.6. The van der Waals surface area contributed by atoms with Crippen LogP contribution in [0.2, 0.25) is 0 Å². The van der Waals surface area contributed by atoms with Gasteiger partial charge in [-0.05, 0) is 18.3 Å². The summed E-state index contributed by atoms with van der Waals surface area (Å²) >= 11 is 0. The third kappa shape index (κ3) is 3.95. The number of hydrogen-bond donors (Lipinski definition) is 1. The van der Waals surface area contributed by atoms with E-state index in [4.69, 9.17) is 9.84 Å². The zero-order valence-corrected chi connectivity index (χ0v) is 11.2. The molecule has 1 saturated carbocycles. The highest BCUT2D eigenvalue weighted by molar-refractivity contribution is 5.66. The van der Waals surface area contributed by atoms with Gasteiger partial charge in [0.25, 0.3) is 0 Å². The Morgan fingerprint density at radius 1 is 1.11 bits per heavy atom. The van der Waals surface area contributed by atoms with Crippen LogP contribution in [0.15, 0.2) is 0 Å². The average Bonchev–Trinajstić information content (AvgIpc) is 2.52. The molecule has 1 aliphatic heterocycles. The molecule has 0 bridgehead atoms. The van der Waals surface area contributed by atoms with E-state index in [9.17, 15) is 4.79 Å². The summed E-state index contributed by atoms with van der Waals surface area (Å²) in [7, 11) is 0. The molecule has 2 aliphatic rings. The highest BCUT2D eigenvalue weighted by atomic mass is 16.5. The van der Waals surface area contributed by atoms with Crippen molar-refractivity contribution < 1.29 is 14.6 Å². The molecule has 1 saturated heterocycles. The summed E-state index contributed by atoms with van der Waals surface area (Å²) in [5.41, 5.74) is 0.623. The van der Waals surface area contributed by atoms with E-state index in [0.717, 1.165) is 6.54 Å². The van der Waals surface area contributed by atoms with Crippen LogP contribution in [0.5, 0.6) is 0 Å². The molecule has 2 fully saturated rings. The van der Waals surface area contributed by atoms with Crippen molar-refractivity contribution in [1.82, 2.24) is 4.90 Å². The molecule has 1 N–H and O–H groups in total. The van der Waals surface area contributed by atoms with Gasteiger partial charge >= 0.3 is 5.97 Å². The van der Waals surface area contributed by atoms with Crippen LogP contribution in [0.25, 0.3) is 0 Å². The Morgan fingerprint density at radius 3 is 2.39 bits per heavy atom. The van der Waals surface area contributed by atoms with Crippen LogP contribution in [0, 0.1) is 5.41 Å². The predicted octanol–water partition coefficient (Wildman–Crippen LogP) is 2.13. The second-order valence-corrected chi connectivity index (χ2v) is 5.88. The Kier molecular flexibility index (Phi) is 5.01. The minimum Gasteiger partial charge on any atom is -0.481 e. The highest BCUT2D eigenvalue weighted by Crippen LogP contribution is 2.42. The molecule has 1 spiro atoms. The van der Waals surface area contributed by atoms with Crippen LogP contribution < -0.4 is 0 Å². The van der Waals surface area contributed by atoms with Crippen LogP contribution >= 0.6 is 0 Å². The number of carboxylic acids is 1. The molecule has 0 unspecified atom stereocenters. The lowest BCUT2D eigenvalue weighted by atomic mass is 9.73. The first-order valence-corrected chi connectivity index (χ1v) is 7.22. The van der Waals surface area contributed by atoms with Gasteiger partial charge in [-0.3, -0.25) is 9.69 Å². The topological polar surface area (TPSA) is 49.8 Å². The third-order valence-corrected chi connectivity index (χ3v) is 4.29. The van der Waals surface area contributed by atoms with E-state index in [-0.39, 0.29) is 6.42 Å². The largest absolute Gasteiger partial charge is 0.481 e. The van der Waals surface area contributed by atoms with Crippen molar-refractivity contribution in [1.29, 1.82) is 0 Å². The van der Waals surface area contributed by atoms with Crippen molar-refractivity contribution in [2.75, 3.05) is 32.8 Å². The van der Waals surface area contributed by atoms with Gasteiger partial charge in [0.15, 0.2) is 0 Å². The Balaban J connectivity index is 1.54. The van der Waals surface area contributed by atoms with Crippen molar-refractivity contribution in [3.8, 4) is 0 Å². The summed E-state index contributed by atoms with van der Waals surface area (Å²) in [5, 5.41) is 8.48. The number of rotatable bonds is 6. The minimum atomic E-state index is -0.781. The SMILES string of the molecule is O=C(O)CCOCCN1CC2(CCCCCC2)C1. The number of hydrogen-bond acceptors (Lipinski definition) is 3. The van der Waals surface area contributed by atoms with Gasteiger partial charge in [0.2, 0.25) is 0 Å². The first-order chi connectivity index (χ1) is 8.70. The van der Waals surface area contributed by atoms with Gasteiger partial charge in [-0.2, -0.15) is 0 Å². The molecule has 0 aromatic heterocycles. The van der Waals surface area contributed by atoms with Crippen molar-refractivity contribution in [3.05, 3.63) is 0 Å². The van der Waals surface area contributed by atoms with Gasteiger partial charge in [-0.1, -0.05) is 25.7 Å². The van der Waals surface area contributed by atoms with Crippen LogP contribution in [-0.2, 0) is 9.53 Å². The molecule has 1 aliphatic carbocycles. The fourth-order valence-corrected chi connectivity index (χ4v) is 3.31. The van der Waals surface area contributed by atoms with Crippen molar-refractivity contribution in [3.63, 3.8) is 0 Å². The molecule has 2 rings (SSSR count). The van der Waals surface area contributed by atoms with Crippen LogP contribution in [0.1, 0.15) is 44.9 Å². The lowest BCUT2D eigenvalue weighted by Gasteiger charge is -2.50. The molecule has 104 valence electrons. The molecule has 0 atom stereocenters. The van der Waals surface area contributed by atoms with E-state index in [1.54, 1.807) is 0 Å². The summed E-state index contributed by atoms with van der Waals surface area (Å²) in [6.07, 6.45) is 8.57. The van der Waals surface area contributed by atoms with Crippen molar-refractivity contribution in [2.24, 2.45) is 5.41 Å². The molecular formula is C14H25NO3. The van der Waals surface area contributed by atoms with Gasteiger partial charge in [-0.25, -0.2) is 0 Å². The monoisotopic (exact) mass is 255 g/mol. The summed E-state index contributed by atoms with van der Waals surface area (Å²) in [6, 6.07) is 0. The number of carbonyl (C=O) groups is 1. The average molecular weight is 255 g/mol. The van der Waals surface area contributed by atoms with E-state index in [1.807, 2.05) is 0 Å². The van der Waals surface area contributed by atoms with Crippen molar-refractivity contribution in [2.45, 2.75) is 44.9 Å². The Labute approximate surface area is 109 Å². The number of likely N-dealkylation sites (tertiary alicyclic amines) is 1. The zero-order chi connectivity index (χ0) is 12.8. The summed E-state index contributed by atoms with van der Waals surface area (Å²) in [4.78, 5) is 12.8. The predicted molar refractivity (Wildman–Crippen MR) is 69.6 cm³/mol. The summed E-state index contributed by atoms with van der Waals surface area (Å²) in [5.74, 6) is -0.781. The lowest BCUT2D eigenvalue weighted by Crippen LogP contribution is -2.56. The maximum atomic E-state index is 10.3. The van der Waals surface area contributed by atoms with Gasteiger partial charge < -0.3 is 9.84 Å². The molecule has 4 nitrogen and oxygen atoms in total. The van der Waals surface area contributed by atoms with Gasteiger partial charge in [0.1, 0.15) is 0 Å². The molecule has 1 heterocycles. The maximum Gasteiger partial charge on any atom is 0.305 e. The molecule has 18 heavy (non-hydrogen) atoms. The van der Waals surface area contributed by atoms with Gasteiger partial charge in [0, 0.05) is 19.6 Å². The summed E-state index contributed by atoms with van der Waals surface area (Å²) < 4.78 is 5.33. The molecular weight excluding hydrogens is 230 g/mol. The second kappa shape index (κ2) is 6.53. The minimum absolute atomic E-state index is 0.115. The molecule has 0 aromatic rings. The third-order valence-electron chi connectivity index (χ3n) is 4.29. The Bertz CT molecular complexity index is 264. The highest BCUT2D eigenvalue weighted by Gasteiger charge is 2.41. The first kappa shape index (κ1) is 13.8. The first-order valence-electron chi connectivity index (χ1n) is 7.22. The van der Waals surface area contributed by atoms with E-state index in [0.29, 0.717) is 18.6 Å². The van der Waals surface area contributed by atoms with Crippen LogP contribution in [-0.4, -0.2) is 48.8 Å². The van der Waals surface area contributed by atoms with Crippen molar-refractivity contribution >= 4 is 5.97 Å². The Hall–Kier alpha value is -0.610. The molecule has 0 aromatic carbocycles. The second-order valence-electron chi connectivity index (χ2n) is 5.88. The fourth-order valence-electron chi connectivity index (χ4n) is 3.31. The summed E-state index contributed by atoms with van der Waals surface area (Å²) in [6.45, 7) is 4.43. The smallest absolute Gasteiger partial charge is 0.305 e. The number of aliphatic carboxylic acids is 1. The Morgan fingerprint density at radius 2 is 1.78 bits per heavy atom. The van der Waals surface area contributed by atoms with E-state index < -0.39 is 5.97 Å². The molecule has 0 radical (unpaired) electrons. The molecule has 4 heteroatoms. The zero-order valence-electron chi connectivity index (χ0n) is 11.2. The van der Waals surface area contributed by atoms with Crippen LogP contribution in [0.3, 0.4) is 0 Å². The molecule has 0 amide bonds. The fraction of sp³-hybridized carbons (Fsp3) is 0.929. The van der Waals surface area contributed by atoms with E-state index in [2.05, 4.69) is 4.90 Å².